The lowest BCUT2D eigenvalue weighted by molar-refractivity contribution is 0.0989. The Morgan fingerprint density at radius 2 is 1.50 bits per heavy atom. The number of benzene rings is 3. The SMILES string of the molecule is O=C(c1ccccc1)[C@@H](Sc1nnc(-c2ccccc2F)o1)c1ccccc1. The van der Waals surface area contributed by atoms with Crippen LogP contribution < -0.4 is 0 Å². The van der Waals surface area contributed by atoms with E-state index in [1.54, 1.807) is 30.3 Å². The summed E-state index contributed by atoms with van der Waals surface area (Å²) in [6.45, 7) is 0. The van der Waals surface area contributed by atoms with E-state index in [9.17, 15) is 9.18 Å². The molecule has 0 N–H and O–H groups in total. The molecule has 4 nitrogen and oxygen atoms in total. The zero-order valence-electron chi connectivity index (χ0n) is 14.7. The standard InChI is InChI=1S/C22H15FN2O2S/c23-18-14-8-7-13-17(18)21-24-25-22(27-21)28-20(16-11-5-2-6-12-16)19(26)15-9-3-1-4-10-15/h1-14,20H/t20-/m0/s1. The number of rotatable bonds is 6. The molecule has 0 unspecified atom stereocenters. The summed E-state index contributed by atoms with van der Waals surface area (Å²) in [4.78, 5) is 13.1. The summed E-state index contributed by atoms with van der Waals surface area (Å²) >= 11 is 1.15. The second kappa shape index (κ2) is 8.19. The van der Waals surface area contributed by atoms with E-state index in [1.165, 1.54) is 6.07 Å². The van der Waals surface area contributed by atoms with Gasteiger partial charge in [-0.15, -0.1) is 10.2 Å². The van der Waals surface area contributed by atoms with Gasteiger partial charge < -0.3 is 4.42 Å². The molecule has 0 radical (unpaired) electrons. The number of hydrogen-bond acceptors (Lipinski definition) is 5. The van der Waals surface area contributed by atoms with E-state index >= 15 is 0 Å². The Labute approximate surface area is 165 Å². The second-order valence-electron chi connectivity index (χ2n) is 5.99. The summed E-state index contributed by atoms with van der Waals surface area (Å²) in [5.41, 5.74) is 1.65. The first-order valence-electron chi connectivity index (χ1n) is 8.61. The fourth-order valence-electron chi connectivity index (χ4n) is 2.76. The molecule has 3 aromatic carbocycles. The first-order valence-corrected chi connectivity index (χ1v) is 9.49. The zero-order chi connectivity index (χ0) is 19.3. The second-order valence-corrected chi connectivity index (χ2v) is 7.05. The molecule has 1 atom stereocenters. The van der Waals surface area contributed by atoms with Crippen LogP contribution in [0.2, 0.25) is 0 Å². The molecule has 1 aromatic heterocycles. The molecule has 0 saturated carbocycles. The molecule has 0 spiro atoms. The maximum Gasteiger partial charge on any atom is 0.277 e. The molecule has 138 valence electrons. The minimum absolute atomic E-state index is 0.0672. The predicted molar refractivity (Wildman–Crippen MR) is 106 cm³/mol. The van der Waals surface area contributed by atoms with E-state index in [-0.39, 0.29) is 22.5 Å². The summed E-state index contributed by atoms with van der Waals surface area (Å²) in [5, 5.41) is 7.59. The van der Waals surface area contributed by atoms with Crippen LogP contribution in [-0.2, 0) is 0 Å². The van der Waals surface area contributed by atoms with Crippen LogP contribution in [-0.4, -0.2) is 16.0 Å². The first kappa shape index (κ1) is 18.1. The van der Waals surface area contributed by atoms with Gasteiger partial charge in [0.25, 0.3) is 11.1 Å². The van der Waals surface area contributed by atoms with Crippen LogP contribution in [0.4, 0.5) is 4.39 Å². The number of hydrogen-bond donors (Lipinski definition) is 0. The van der Waals surface area contributed by atoms with Crippen molar-refractivity contribution in [3.63, 3.8) is 0 Å². The molecule has 0 bridgehead atoms. The van der Waals surface area contributed by atoms with Gasteiger partial charge in [0.15, 0.2) is 5.78 Å². The van der Waals surface area contributed by atoms with E-state index in [0.29, 0.717) is 5.56 Å². The van der Waals surface area contributed by atoms with Crippen LogP contribution in [0.25, 0.3) is 11.5 Å². The predicted octanol–water partition coefficient (Wildman–Crippen LogP) is 5.59. The molecule has 0 aliphatic carbocycles. The molecule has 4 rings (SSSR count). The van der Waals surface area contributed by atoms with Crippen LogP contribution in [0.5, 0.6) is 0 Å². The normalized spacial score (nSPS) is 11.9. The topological polar surface area (TPSA) is 56.0 Å². The van der Waals surface area contributed by atoms with Gasteiger partial charge in [0.05, 0.1) is 5.56 Å². The molecule has 4 aromatic rings. The molecule has 0 fully saturated rings. The third-order valence-electron chi connectivity index (χ3n) is 4.13. The lowest BCUT2D eigenvalue weighted by Gasteiger charge is -2.14. The highest BCUT2D eigenvalue weighted by atomic mass is 32.2. The lowest BCUT2D eigenvalue weighted by Crippen LogP contribution is -2.10. The molecular weight excluding hydrogens is 375 g/mol. The number of Topliss-reactive ketones (excluding diaryl/α,β-unsaturated/α-hetero) is 1. The Morgan fingerprint density at radius 3 is 2.21 bits per heavy atom. The highest BCUT2D eigenvalue weighted by Crippen LogP contribution is 2.38. The van der Waals surface area contributed by atoms with Crippen molar-refractivity contribution in [2.75, 3.05) is 0 Å². The van der Waals surface area contributed by atoms with Gasteiger partial charge in [0.2, 0.25) is 0 Å². The van der Waals surface area contributed by atoms with E-state index in [4.69, 9.17) is 4.42 Å². The number of ketones is 1. The van der Waals surface area contributed by atoms with Crippen LogP contribution in [0, 0.1) is 5.82 Å². The number of thioether (sulfide) groups is 1. The van der Waals surface area contributed by atoms with E-state index in [2.05, 4.69) is 10.2 Å². The maximum absolute atomic E-state index is 14.0. The van der Waals surface area contributed by atoms with E-state index < -0.39 is 11.1 Å². The quantitative estimate of drug-likeness (QED) is 0.317. The Kier molecular flexibility index (Phi) is 5.30. The van der Waals surface area contributed by atoms with Crippen molar-refractivity contribution in [2.24, 2.45) is 0 Å². The van der Waals surface area contributed by atoms with Gasteiger partial charge >= 0.3 is 0 Å². The van der Waals surface area contributed by atoms with Gasteiger partial charge in [-0.2, -0.15) is 0 Å². The van der Waals surface area contributed by atoms with Crippen molar-refractivity contribution in [1.29, 1.82) is 0 Å². The summed E-state index contributed by atoms with van der Waals surface area (Å²) in [6.07, 6.45) is 0. The van der Waals surface area contributed by atoms with Gasteiger partial charge in [0.1, 0.15) is 11.1 Å². The Morgan fingerprint density at radius 1 is 0.857 bits per heavy atom. The Bertz CT molecular complexity index is 1080. The molecule has 6 heteroatoms. The summed E-state index contributed by atoms with van der Waals surface area (Å²) < 4.78 is 19.6. The van der Waals surface area contributed by atoms with Gasteiger partial charge in [0, 0.05) is 5.56 Å². The first-order chi connectivity index (χ1) is 13.7. The number of aromatic nitrogens is 2. The summed E-state index contributed by atoms with van der Waals surface area (Å²) in [6, 6.07) is 24.6. The largest absolute Gasteiger partial charge is 0.411 e. The van der Waals surface area contributed by atoms with Gasteiger partial charge in [-0.1, -0.05) is 72.8 Å². The number of carbonyl (C=O) groups is 1. The number of halogens is 1. The lowest BCUT2D eigenvalue weighted by atomic mass is 10.0. The third-order valence-corrected chi connectivity index (χ3v) is 5.22. The minimum atomic E-state index is -0.558. The molecule has 28 heavy (non-hydrogen) atoms. The van der Waals surface area contributed by atoms with Crippen molar-refractivity contribution in [2.45, 2.75) is 10.5 Å². The van der Waals surface area contributed by atoms with Gasteiger partial charge in [-0.3, -0.25) is 4.79 Å². The van der Waals surface area contributed by atoms with Crippen molar-refractivity contribution in [1.82, 2.24) is 10.2 Å². The third kappa shape index (κ3) is 3.87. The van der Waals surface area contributed by atoms with Crippen molar-refractivity contribution < 1.29 is 13.6 Å². The van der Waals surface area contributed by atoms with Crippen molar-refractivity contribution >= 4 is 17.5 Å². The van der Waals surface area contributed by atoms with Crippen molar-refractivity contribution in [3.8, 4) is 11.5 Å². The summed E-state index contributed by atoms with van der Waals surface area (Å²) in [7, 11) is 0. The molecule has 0 saturated heterocycles. The maximum atomic E-state index is 14.0. The Balaban J connectivity index is 1.65. The Hall–Kier alpha value is -3.25. The van der Waals surface area contributed by atoms with Crippen molar-refractivity contribution in [3.05, 3.63) is 102 Å². The average molecular weight is 390 g/mol. The van der Waals surface area contributed by atoms with E-state index in [0.717, 1.165) is 17.3 Å². The summed E-state index contributed by atoms with van der Waals surface area (Å²) in [5.74, 6) is -0.426. The molecule has 1 heterocycles. The van der Waals surface area contributed by atoms with Gasteiger partial charge in [-0.05, 0) is 29.5 Å². The molecule has 0 amide bonds. The minimum Gasteiger partial charge on any atom is -0.411 e. The monoisotopic (exact) mass is 390 g/mol. The highest BCUT2D eigenvalue weighted by Gasteiger charge is 2.26. The highest BCUT2D eigenvalue weighted by molar-refractivity contribution is 8.00. The molecule has 0 aliphatic heterocycles. The average Bonchev–Trinajstić information content (AvgIpc) is 3.21. The molecular formula is C22H15FN2O2S. The zero-order valence-corrected chi connectivity index (χ0v) is 15.5. The van der Waals surface area contributed by atoms with E-state index in [1.807, 2.05) is 48.5 Å². The number of nitrogens with zero attached hydrogens (tertiary/aromatic N) is 2. The van der Waals surface area contributed by atoms with Crippen LogP contribution >= 0.6 is 11.8 Å². The number of carbonyl (C=O) groups excluding carboxylic acids is 1. The fourth-order valence-corrected chi connectivity index (χ4v) is 3.71. The van der Waals surface area contributed by atoms with Crippen LogP contribution in [0.1, 0.15) is 21.2 Å². The smallest absolute Gasteiger partial charge is 0.277 e. The van der Waals surface area contributed by atoms with Gasteiger partial charge in [-0.25, -0.2) is 4.39 Å². The fraction of sp³-hybridized carbons (Fsp3) is 0.0455. The van der Waals surface area contributed by atoms with Crippen LogP contribution in [0.3, 0.4) is 0 Å². The molecule has 0 aliphatic rings. The van der Waals surface area contributed by atoms with Crippen LogP contribution in [0.15, 0.2) is 94.6 Å².